The van der Waals surface area contributed by atoms with Gasteiger partial charge in [-0.25, -0.2) is 0 Å². The van der Waals surface area contributed by atoms with Crippen LogP contribution in [0.5, 0.6) is 5.75 Å². The normalized spacial score (nSPS) is 10.1. The highest BCUT2D eigenvalue weighted by Crippen LogP contribution is 2.27. The van der Waals surface area contributed by atoms with E-state index in [9.17, 15) is 10.1 Å². The van der Waals surface area contributed by atoms with Crippen molar-refractivity contribution < 1.29 is 9.66 Å². The Kier molecular flexibility index (Phi) is 4.57. The number of anilines is 1. The number of rotatable bonds is 5. The van der Waals surface area contributed by atoms with E-state index in [-0.39, 0.29) is 10.6 Å². The summed E-state index contributed by atoms with van der Waals surface area (Å²) in [6.45, 7) is 0.351. The van der Waals surface area contributed by atoms with Gasteiger partial charge in [0.1, 0.15) is 5.75 Å². The highest BCUT2D eigenvalue weighted by atomic mass is 79.9. The summed E-state index contributed by atoms with van der Waals surface area (Å²) in [4.78, 5) is 10.7. The second kappa shape index (κ2) is 6.38. The zero-order valence-corrected chi connectivity index (χ0v) is 12.4. The van der Waals surface area contributed by atoms with E-state index < -0.39 is 0 Å². The number of nitrogens with zero attached hydrogens (tertiary/aromatic N) is 1. The fourth-order valence-corrected chi connectivity index (χ4v) is 2.19. The van der Waals surface area contributed by atoms with Crippen LogP contribution >= 0.6 is 15.9 Å². The molecule has 0 aromatic heterocycles. The maximum atomic E-state index is 11.0. The molecule has 2 rings (SSSR count). The zero-order valence-electron chi connectivity index (χ0n) is 10.8. The van der Waals surface area contributed by atoms with Gasteiger partial charge in [0.25, 0.3) is 5.69 Å². The largest absolute Gasteiger partial charge is 0.495 e. The third-order valence-corrected chi connectivity index (χ3v) is 3.31. The Morgan fingerprint density at radius 3 is 2.75 bits per heavy atom. The number of methoxy groups -OCH3 is 1. The molecule has 0 atom stereocenters. The Hall–Kier alpha value is -2.08. The van der Waals surface area contributed by atoms with Gasteiger partial charge in [-0.3, -0.25) is 10.1 Å². The lowest BCUT2D eigenvalue weighted by Gasteiger charge is -2.11. The topological polar surface area (TPSA) is 64.4 Å². The molecule has 2 aromatic carbocycles. The molecule has 2 aromatic rings. The van der Waals surface area contributed by atoms with Gasteiger partial charge in [-0.15, -0.1) is 0 Å². The standard InChI is InChI=1S/C14H13BrN2O3/c1-20-14-5-3-2-4-12(14)16-9-10-6-7-11(15)8-13(10)17(18)19/h2-8,16H,9H2,1H3. The SMILES string of the molecule is COc1ccccc1NCc1ccc(Br)cc1[N+](=O)[O-]. The molecule has 0 aliphatic rings. The summed E-state index contributed by atoms with van der Waals surface area (Å²) >= 11 is 3.24. The number of nitrogens with one attached hydrogen (secondary N) is 1. The molecular formula is C14H13BrN2O3. The molecule has 5 nitrogen and oxygen atoms in total. The lowest BCUT2D eigenvalue weighted by Crippen LogP contribution is -2.04. The van der Waals surface area contributed by atoms with Crippen LogP contribution in [0.3, 0.4) is 0 Å². The molecule has 0 spiro atoms. The van der Waals surface area contributed by atoms with Crippen molar-refractivity contribution in [1.29, 1.82) is 0 Å². The van der Waals surface area contributed by atoms with Gasteiger partial charge in [0.15, 0.2) is 0 Å². The van der Waals surface area contributed by atoms with Gasteiger partial charge < -0.3 is 10.1 Å². The molecule has 104 valence electrons. The van der Waals surface area contributed by atoms with Gasteiger partial charge in [0, 0.05) is 22.6 Å². The van der Waals surface area contributed by atoms with Crippen LogP contribution in [0.4, 0.5) is 11.4 Å². The van der Waals surface area contributed by atoms with Crippen LogP contribution in [0.15, 0.2) is 46.9 Å². The van der Waals surface area contributed by atoms with Crippen molar-refractivity contribution in [3.05, 3.63) is 62.6 Å². The molecule has 0 amide bonds. The second-order valence-corrected chi connectivity index (χ2v) is 5.00. The predicted molar refractivity (Wildman–Crippen MR) is 81.1 cm³/mol. The summed E-state index contributed by atoms with van der Waals surface area (Å²) in [5.41, 5.74) is 1.50. The minimum Gasteiger partial charge on any atom is -0.495 e. The number of benzene rings is 2. The molecule has 0 saturated heterocycles. The quantitative estimate of drug-likeness (QED) is 0.662. The van der Waals surface area contributed by atoms with Crippen LogP contribution in [0.2, 0.25) is 0 Å². The molecule has 6 heteroatoms. The van der Waals surface area contributed by atoms with E-state index in [1.54, 1.807) is 19.2 Å². The second-order valence-electron chi connectivity index (χ2n) is 4.08. The number of nitro benzene ring substituents is 1. The van der Waals surface area contributed by atoms with E-state index in [0.29, 0.717) is 22.3 Å². The zero-order chi connectivity index (χ0) is 14.5. The molecule has 20 heavy (non-hydrogen) atoms. The van der Waals surface area contributed by atoms with Crippen molar-refractivity contribution >= 4 is 27.3 Å². The van der Waals surface area contributed by atoms with Gasteiger partial charge >= 0.3 is 0 Å². The summed E-state index contributed by atoms with van der Waals surface area (Å²) in [6.07, 6.45) is 0. The van der Waals surface area contributed by atoms with E-state index >= 15 is 0 Å². The average molecular weight is 337 g/mol. The fourth-order valence-electron chi connectivity index (χ4n) is 1.84. The Morgan fingerprint density at radius 2 is 2.05 bits per heavy atom. The van der Waals surface area contributed by atoms with Crippen LogP contribution in [-0.2, 0) is 6.54 Å². The van der Waals surface area contributed by atoms with Crippen LogP contribution in [0.1, 0.15) is 5.56 Å². The van der Waals surface area contributed by atoms with E-state index in [1.165, 1.54) is 6.07 Å². The first-order valence-electron chi connectivity index (χ1n) is 5.91. The van der Waals surface area contributed by atoms with Gasteiger partial charge in [-0.05, 0) is 24.3 Å². The highest BCUT2D eigenvalue weighted by molar-refractivity contribution is 9.10. The Bertz CT molecular complexity index is 632. The summed E-state index contributed by atoms with van der Waals surface area (Å²) in [5, 5.41) is 14.2. The lowest BCUT2D eigenvalue weighted by molar-refractivity contribution is -0.385. The maximum absolute atomic E-state index is 11.0. The number of para-hydroxylation sites is 2. The number of hydrogen-bond acceptors (Lipinski definition) is 4. The van der Waals surface area contributed by atoms with E-state index in [1.807, 2.05) is 24.3 Å². The molecule has 1 N–H and O–H groups in total. The van der Waals surface area contributed by atoms with Crippen LogP contribution in [0, 0.1) is 10.1 Å². The van der Waals surface area contributed by atoms with Gasteiger partial charge in [-0.2, -0.15) is 0 Å². The van der Waals surface area contributed by atoms with E-state index in [0.717, 1.165) is 5.69 Å². The third kappa shape index (κ3) is 3.27. The van der Waals surface area contributed by atoms with Crippen molar-refractivity contribution in [2.75, 3.05) is 12.4 Å². The van der Waals surface area contributed by atoms with E-state index in [4.69, 9.17) is 4.74 Å². The van der Waals surface area contributed by atoms with Crippen molar-refractivity contribution in [2.24, 2.45) is 0 Å². The van der Waals surface area contributed by atoms with Gasteiger partial charge in [0.2, 0.25) is 0 Å². The summed E-state index contributed by atoms with van der Waals surface area (Å²) in [7, 11) is 1.59. The molecule has 0 bridgehead atoms. The lowest BCUT2D eigenvalue weighted by atomic mass is 10.1. The molecular weight excluding hydrogens is 324 g/mol. The number of hydrogen-bond donors (Lipinski definition) is 1. The van der Waals surface area contributed by atoms with E-state index in [2.05, 4.69) is 21.2 Å². The summed E-state index contributed by atoms with van der Waals surface area (Å²) < 4.78 is 5.91. The molecule has 0 saturated carbocycles. The Labute approximate surface area is 124 Å². The predicted octanol–water partition coefficient (Wildman–Crippen LogP) is 3.98. The first-order valence-corrected chi connectivity index (χ1v) is 6.71. The molecule has 0 unspecified atom stereocenters. The highest BCUT2D eigenvalue weighted by Gasteiger charge is 2.14. The smallest absolute Gasteiger partial charge is 0.275 e. The molecule has 0 aliphatic heterocycles. The third-order valence-electron chi connectivity index (χ3n) is 2.82. The molecule has 0 heterocycles. The molecule has 0 aliphatic carbocycles. The summed E-state index contributed by atoms with van der Waals surface area (Å²) in [6, 6.07) is 12.4. The number of nitro groups is 1. The average Bonchev–Trinajstić information content (AvgIpc) is 2.46. The van der Waals surface area contributed by atoms with Crippen molar-refractivity contribution in [2.45, 2.75) is 6.54 Å². The van der Waals surface area contributed by atoms with Gasteiger partial charge in [0.05, 0.1) is 17.7 Å². The Balaban J connectivity index is 2.21. The maximum Gasteiger partial charge on any atom is 0.275 e. The number of halogens is 1. The monoisotopic (exact) mass is 336 g/mol. The minimum atomic E-state index is -0.385. The first-order chi connectivity index (χ1) is 9.61. The Morgan fingerprint density at radius 1 is 1.30 bits per heavy atom. The number of ether oxygens (including phenoxy) is 1. The van der Waals surface area contributed by atoms with Crippen molar-refractivity contribution in [3.63, 3.8) is 0 Å². The fraction of sp³-hybridized carbons (Fsp3) is 0.143. The minimum absolute atomic E-state index is 0.0850. The van der Waals surface area contributed by atoms with Gasteiger partial charge in [-0.1, -0.05) is 28.1 Å². The van der Waals surface area contributed by atoms with Crippen LogP contribution in [-0.4, -0.2) is 12.0 Å². The van der Waals surface area contributed by atoms with Crippen molar-refractivity contribution in [1.82, 2.24) is 0 Å². The summed E-state index contributed by atoms with van der Waals surface area (Å²) in [5.74, 6) is 0.701. The van der Waals surface area contributed by atoms with Crippen LogP contribution < -0.4 is 10.1 Å². The van der Waals surface area contributed by atoms with Crippen LogP contribution in [0.25, 0.3) is 0 Å². The molecule has 0 fully saturated rings. The first kappa shape index (κ1) is 14.3. The molecule has 0 radical (unpaired) electrons. The van der Waals surface area contributed by atoms with Crippen molar-refractivity contribution in [3.8, 4) is 5.75 Å².